The van der Waals surface area contributed by atoms with Crippen molar-refractivity contribution in [3.63, 3.8) is 0 Å². The number of amides is 1. The molecule has 0 bridgehead atoms. The van der Waals surface area contributed by atoms with E-state index in [-0.39, 0.29) is 18.3 Å². The van der Waals surface area contributed by atoms with E-state index in [9.17, 15) is 9.59 Å². The number of carbonyl (C=O) groups is 2. The molecule has 28 heavy (non-hydrogen) atoms. The Morgan fingerprint density at radius 2 is 1.61 bits per heavy atom. The second-order valence-electron chi connectivity index (χ2n) is 6.14. The Morgan fingerprint density at radius 1 is 0.893 bits per heavy atom. The highest BCUT2D eigenvalue weighted by Crippen LogP contribution is 2.37. The maximum Gasteiger partial charge on any atom is 0.339 e. The second-order valence-corrected chi connectivity index (χ2v) is 6.14. The summed E-state index contributed by atoms with van der Waals surface area (Å²) < 4.78 is 15.6. The Balaban J connectivity index is 1.71. The van der Waals surface area contributed by atoms with Crippen molar-refractivity contribution in [2.24, 2.45) is 0 Å². The van der Waals surface area contributed by atoms with E-state index in [1.54, 1.807) is 42.5 Å². The number of hydrogen-bond donors (Lipinski definition) is 1. The predicted octanol–water partition coefficient (Wildman–Crippen LogP) is 4.12. The molecule has 1 heterocycles. The van der Waals surface area contributed by atoms with Gasteiger partial charge < -0.3 is 19.5 Å². The average Bonchev–Trinajstić information content (AvgIpc) is 3.21. The molecule has 0 aliphatic carbocycles. The number of esters is 1. The first-order valence-electron chi connectivity index (χ1n) is 8.64. The number of methoxy groups -OCH3 is 1. The summed E-state index contributed by atoms with van der Waals surface area (Å²) >= 11 is 0. The highest BCUT2D eigenvalue weighted by molar-refractivity contribution is 6.08. The number of ether oxygens (including phenoxy) is 3. The molecule has 0 spiro atoms. The van der Waals surface area contributed by atoms with Crippen LogP contribution in [0.2, 0.25) is 0 Å². The van der Waals surface area contributed by atoms with Gasteiger partial charge in [-0.3, -0.25) is 4.79 Å². The standard InChI is InChI=1S/C22H17NO5/c1-26-22(25)17-9-7-15(16-8-10-19-20(12-16)28-13-27-19)11-18(17)23-21(24)14-5-3-2-4-6-14/h2-12H,13H2,1H3,(H,23,24). The number of hydrogen-bond acceptors (Lipinski definition) is 5. The lowest BCUT2D eigenvalue weighted by molar-refractivity contribution is 0.0602. The Morgan fingerprint density at radius 3 is 2.39 bits per heavy atom. The third-order valence-corrected chi connectivity index (χ3v) is 4.41. The van der Waals surface area contributed by atoms with Crippen molar-refractivity contribution in [2.45, 2.75) is 0 Å². The molecule has 4 rings (SSSR count). The summed E-state index contributed by atoms with van der Waals surface area (Å²) in [7, 11) is 1.30. The highest BCUT2D eigenvalue weighted by Gasteiger charge is 2.18. The van der Waals surface area contributed by atoms with Gasteiger partial charge >= 0.3 is 5.97 Å². The molecule has 0 atom stereocenters. The van der Waals surface area contributed by atoms with E-state index in [1.165, 1.54) is 7.11 Å². The zero-order valence-electron chi connectivity index (χ0n) is 15.1. The molecule has 1 N–H and O–H groups in total. The van der Waals surface area contributed by atoms with Gasteiger partial charge in [0, 0.05) is 5.56 Å². The number of benzene rings is 3. The van der Waals surface area contributed by atoms with Crippen LogP contribution in [0.5, 0.6) is 11.5 Å². The molecule has 0 aromatic heterocycles. The van der Waals surface area contributed by atoms with Gasteiger partial charge in [0.25, 0.3) is 5.91 Å². The van der Waals surface area contributed by atoms with E-state index >= 15 is 0 Å². The molecule has 6 heteroatoms. The van der Waals surface area contributed by atoms with Gasteiger partial charge in [-0.25, -0.2) is 4.79 Å². The smallest absolute Gasteiger partial charge is 0.339 e. The van der Waals surface area contributed by atoms with E-state index in [0.717, 1.165) is 11.1 Å². The minimum Gasteiger partial charge on any atom is -0.465 e. The van der Waals surface area contributed by atoms with Crippen molar-refractivity contribution < 1.29 is 23.8 Å². The average molecular weight is 375 g/mol. The number of carbonyl (C=O) groups excluding carboxylic acids is 2. The van der Waals surface area contributed by atoms with Gasteiger partial charge in [0.15, 0.2) is 11.5 Å². The van der Waals surface area contributed by atoms with Crippen LogP contribution in [0.1, 0.15) is 20.7 Å². The van der Waals surface area contributed by atoms with Crippen LogP contribution in [0.25, 0.3) is 11.1 Å². The van der Waals surface area contributed by atoms with E-state index in [0.29, 0.717) is 22.7 Å². The molecule has 1 aliphatic rings. The van der Waals surface area contributed by atoms with Crippen LogP contribution in [-0.2, 0) is 4.74 Å². The summed E-state index contributed by atoms with van der Waals surface area (Å²) in [4.78, 5) is 24.7. The number of anilines is 1. The Hall–Kier alpha value is -3.80. The van der Waals surface area contributed by atoms with Gasteiger partial charge in [0.05, 0.1) is 18.4 Å². The topological polar surface area (TPSA) is 73.9 Å². The van der Waals surface area contributed by atoms with Gasteiger partial charge in [-0.05, 0) is 47.5 Å². The van der Waals surface area contributed by atoms with Crippen LogP contribution in [0.3, 0.4) is 0 Å². The molecule has 0 unspecified atom stereocenters. The second kappa shape index (κ2) is 7.44. The fourth-order valence-electron chi connectivity index (χ4n) is 2.98. The third kappa shape index (κ3) is 3.40. The summed E-state index contributed by atoms with van der Waals surface area (Å²) in [6.45, 7) is 0.193. The summed E-state index contributed by atoms with van der Waals surface area (Å²) in [5.74, 6) is 0.506. The Bertz CT molecular complexity index is 1050. The monoisotopic (exact) mass is 375 g/mol. The zero-order chi connectivity index (χ0) is 19.5. The van der Waals surface area contributed by atoms with Crippen molar-refractivity contribution in [2.75, 3.05) is 19.2 Å². The van der Waals surface area contributed by atoms with Crippen LogP contribution in [0.4, 0.5) is 5.69 Å². The molecule has 0 saturated carbocycles. The summed E-state index contributed by atoms with van der Waals surface area (Å²) in [6.07, 6.45) is 0. The number of rotatable bonds is 4. The fraction of sp³-hybridized carbons (Fsp3) is 0.0909. The van der Waals surface area contributed by atoms with E-state index < -0.39 is 5.97 Å². The largest absolute Gasteiger partial charge is 0.465 e. The van der Waals surface area contributed by atoms with E-state index in [1.807, 2.05) is 24.3 Å². The normalized spacial score (nSPS) is 11.8. The molecular weight excluding hydrogens is 358 g/mol. The van der Waals surface area contributed by atoms with Gasteiger partial charge in [-0.15, -0.1) is 0 Å². The molecule has 140 valence electrons. The molecule has 3 aromatic carbocycles. The SMILES string of the molecule is COC(=O)c1ccc(-c2ccc3c(c2)OCO3)cc1NC(=O)c1ccccc1. The van der Waals surface area contributed by atoms with Crippen LogP contribution in [-0.4, -0.2) is 25.8 Å². The lowest BCUT2D eigenvalue weighted by atomic mass is 10.0. The Labute approximate surface area is 161 Å². The molecule has 1 aliphatic heterocycles. The number of nitrogens with one attached hydrogen (secondary N) is 1. The first-order valence-corrected chi connectivity index (χ1v) is 8.64. The van der Waals surface area contributed by atoms with Crippen molar-refractivity contribution in [3.05, 3.63) is 77.9 Å². The van der Waals surface area contributed by atoms with Crippen LogP contribution in [0.15, 0.2) is 66.7 Å². The maximum atomic E-state index is 12.6. The van der Waals surface area contributed by atoms with Crippen LogP contribution < -0.4 is 14.8 Å². The maximum absolute atomic E-state index is 12.6. The van der Waals surface area contributed by atoms with Crippen molar-refractivity contribution in [1.82, 2.24) is 0 Å². The van der Waals surface area contributed by atoms with Gasteiger partial charge in [-0.1, -0.05) is 30.3 Å². The molecule has 0 saturated heterocycles. The van der Waals surface area contributed by atoms with Gasteiger partial charge in [0.2, 0.25) is 6.79 Å². The summed E-state index contributed by atoms with van der Waals surface area (Å²) in [5, 5.41) is 2.81. The summed E-state index contributed by atoms with van der Waals surface area (Å²) in [6, 6.07) is 19.5. The first-order chi connectivity index (χ1) is 13.7. The molecule has 6 nitrogen and oxygen atoms in total. The van der Waals surface area contributed by atoms with Crippen molar-refractivity contribution in [1.29, 1.82) is 0 Å². The van der Waals surface area contributed by atoms with Crippen molar-refractivity contribution in [3.8, 4) is 22.6 Å². The first kappa shape index (κ1) is 17.6. The minimum atomic E-state index is -0.527. The van der Waals surface area contributed by atoms with Crippen LogP contribution >= 0.6 is 0 Å². The molecule has 0 radical (unpaired) electrons. The highest BCUT2D eigenvalue weighted by atomic mass is 16.7. The molecule has 0 fully saturated rings. The van der Waals surface area contributed by atoms with Gasteiger partial charge in [0.1, 0.15) is 0 Å². The predicted molar refractivity (Wildman–Crippen MR) is 104 cm³/mol. The lowest BCUT2D eigenvalue weighted by Gasteiger charge is -2.12. The summed E-state index contributed by atoms with van der Waals surface area (Å²) in [5.41, 5.74) is 2.82. The molecule has 3 aromatic rings. The quantitative estimate of drug-likeness (QED) is 0.695. The number of fused-ring (bicyclic) bond motifs is 1. The van der Waals surface area contributed by atoms with Gasteiger partial charge in [-0.2, -0.15) is 0 Å². The minimum absolute atomic E-state index is 0.193. The lowest BCUT2D eigenvalue weighted by Crippen LogP contribution is -2.15. The molecular formula is C22H17NO5. The van der Waals surface area contributed by atoms with Crippen molar-refractivity contribution >= 4 is 17.6 Å². The zero-order valence-corrected chi connectivity index (χ0v) is 15.1. The van der Waals surface area contributed by atoms with E-state index in [4.69, 9.17) is 14.2 Å². The molecule has 1 amide bonds. The van der Waals surface area contributed by atoms with E-state index in [2.05, 4.69) is 5.32 Å². The third-order valence-electron chi connectivity index (χ3n) is 4.41. The Kier molecular flexibility index (Phi) is 4.68. The fourth-order valence-corrected chi connectivity index (χ4v) is 2.98. The van der Waals surface area contributed by atoms with Crippen LogP contribution in [0, 0.1) is 0 Å².